The van der Waals surface area contributed by atoms with Crippen LogP contribution >= 0.6 is 0 Å². The van der Waals surface area contributed by atoms with Crippen LogP contribution in [0.25, 0.3) is 0 Å². The summed E-state index contributed by atoms with van der Waals surface area (Å²) in [6.45, 7) is 3.35. The van der Waals surface area contributed by atoms with Gasteiger partial charge in [0.2, 0.25) is 0 Å². The number of hydrogen-bond acceptors (Lipinski definition) is 5. The third kappa shape index (κ3) is 5.49. The van der Waals surface area contributed by atoms with E-state index in [0.717, 1.165) is 25.0 Å². The van der Waals surface area contributed by atoms with E-state index in [1.165, 1.54) is 12.1 Å². The van der Waals surface area contributed by atoms with Crippen molar-refractivity contribution in [3.63, 3.8) is 0 Å². The lowest BCUT2D eigenvalue weighted by molar-refractivity contribution is 0.0645. The summed E-state index contributed by atoms with van der Waals surface area (Å²) in [7, 11) is 0. The predicted octanol–water partition coefficient (Wildman–Crippen LogP) is 3.07. The van der Waals surface area contributed by atoms with Gasteiger partial charge in [0.05, 0.1) is 11.7 Å². The van der Waals surface area contributed by atoms with E-state index in [2.05, 4.69) is 5.48 Å². The Hall–Kier alpha value is -2.54. The SMILES string of the molecule is Cc1ccc(C(=O)c2ccccc2C(=O)O)cc1.ONCC1CCCO1. The molecular weight excluding hydrogens is 334 g/mol. The van der Waals surface area contributed by atoms with Crippen molar-refractivity contribution in [3.8, 4) is 0 Å². The Kier molecular flexibility index (Phi) is 7.47. The Morgan fingerprint density at radius 2 is 1.77 bits per heavy atom. The molecule has 6 heteroatoms. The smallest absolute Gasteiger partial charge is 0.336 e. The standard InChI is InChI=1S/C15H12O3.C5H11NO2/c1-10-6-8-11(9-7-10)14(16)12-4-2-3-5-13(12)15(17)18;7-6-4-5-2-1-3-8-5/h2-9H,1H3,(H,17,18);5-7H,1-4H2. The highest BCUT2D eigenvalue weighted by Gasteiger charge is 2.17. The minimum Gasteiger partial charge on any atom is -0.478 e. The molecule has 1 unspecified atom stereocenters. The summed E-state index contributed by atoms with van der Waals surface area (Å²) in [5.41, 5.74) is 3.88. The molecule has 1 aliphatic rings. The number of carboxylic acids is 1. The number of hydrogen-bond donors (Lipinski definition) is 3. The lowest BCUT2D eigenvalue weighted by Gasteiger charge is -2.05. The van der Waals surface area contributed by atoms with Gasteiger partial charge < -0.3 is 15.1 Å². The minimum absolute atomic E-state index is 0.0306. The highest BCUT2D eigenvalue weighted by atomic mass is 16.5. The van der Waals surface area contributed by atoms with E-state index in [4.69, 9.17) is 15.1 Å². The minimum atomic E-state index is -1.09. The summed E-state index contributed by atoms with van der Waals surface area (Å²) in [6.07, 6.45) is 2.46. The number of benzene rings is 2. The highest BCUT2D eigenvalue weighted by Crippen LogP contribution is 2.15. The number of carbonyl (C=O) groups is 2. The molecule has 6 nitrogen and oxygen atoms in total. The van der Waals surface area contributed by atoms with Gasteiger partial charge in [-0.3, -0.25) is 4.79 Å². The second-order valence-electron chi connectivity index (χ2n) is 6.04. The Bertz CT molecular complexity index is 736. The van der Waals surface area contributed by atoms with Crippen LogP contribution in [0.2, 0.25) is 0 Å². The zero-order valence-electron chi connectivity index (χ0n) is 14.6. The normalized spacial score (nSPS) is 15.8. The largest absolute Gasteiger partial charge is 0.478 e. The van der Waals surface area contributed by atoms with E-state index in [-0.39, 0.29) is 23.0 Å². The molecular formula is C20H23NO5. The Labute approximate surface area is 152 Å². The van der Waals surface area contributed by atoms with Crippen LogP contribution in [0.4, 0.5) is 0 Å². The number of nitrogens with one attached hydrogen (secondary N) is 1. The first kappa shape index (κ1) is 19.8. The van der Waals surface area contributed by atoms with Gasteiger partial charge in [0, 0.05) is 24.3 Å². The zero-order valence-corrected chi connectivity index (χ0v) is 14.6. The predicted molar refractivity (Wildman–Crippen MR) is 96.8 cm³/mol. The van der Waals surface area contributed by atoms with Gasteiger partial charge >= 0.3 is 5.97 Å². The van der Waals surface area contributed by atoms with Crippen molar-refractivity contribution >= 4 is 11.8 Å². The third-order valence-electron chi connectivity index (χ3n) is 4.06. The summed E-state index contributed by atoms with van der Waals surface area (Å²) in [6, 6.07) is 13.3. The van der Waals surface area contributed by atoms with E-state index in [1.807, 2.05) is 19.1 Å². The topological polar surface area (TPSA) is 95.9 Å². The summed E-state index contributed by atoms with van der Waals surface area (Å²) >= 11 is 0. The van der Waals surface area contributed by atoms with Crippen molar-refractivity contribution in [3.05, 3.63) is 70.8 Å². The molecule has 0 aliphatic carbocycles. The number of hydroxylamine groups is 1. The number of carbonyl (C=O) groups excluding carboxylic acids is 1. The van der Waals surface area contributed by atoms with Crippen LogP contribution in [0, 0.1) is 6.92 Å². The van der Waals surface area contributed by atoms with Crippen LogP contribution in [0.15, 0.2) is 48.5 Å². The lowest BCUT2D eigenvalue weighted by Crippen LogP contribution is -2.22. The van der Waals surface area contributed by atoms with Crippen molar-refractivity contribution in [2.24, 2.45) is 0 Å². The van der Waals surface area contributed by atoms with Gasteiger partial charge in [0.1, 0.15) is 0 Å². The molecule has 0 amide bonds. The van der Waals surface area contributed by atoms with Gasteiger partial charge in [-0.15, -0.1) is 0 Å². The first-order chi connectivity index (χ1) is 12.5. The number of aryl methyl sites for hydroxylation is 1. The maximum absolute atomic E-state index is 12.2. The van der Waals surface area contributed by atoms with E-state index in [0.29, 0.717) is 12.1 Å². The van der Waals surface area contributed by atoms with E-state index in [9.17, 15) is 9.59 Å². The fourth-order valence-electron chi connectivity index (χ4n) is 2.64. The number of aromatic carboxylic acids is 1. The monoisotopic (exact) mass is 357 g/mol. The van der Waals surface area contributed by atoms with Crippen LogP contribution in [-0.4, -0.2) is 41.3 Å². The van der Waals surface area contributed by atoms with Crippen molar-refractivity contribution in [2.45, 2.75) is 25.9 Å². The molecule has 0 bridgehead atoms. The molecule has 2 aromatic carbocycles. The summed E-state index contributed by atoms with van der Waals surface area (Å²) in [4.78, 5) is 23.3. The van der Waals surface area contributed by atoms with Crippen LogP contribution in [0.5, 0.6) is 0 Å². The van der Waals surface area contributed by atoms with E-state index in [1.54, 1.807) is 24.3 Å². The zero-order chi connectivity index (χ0) is 18.9. The molecule has 1 aliphatic heterocycles. The molecule has 1 heterocycles. The summed E-state index contributed by atoms with van der Waals surface area (Å²) in [5, 5.41) is 17.3. The van der Waals surface area contributed by atoms with Gasteiger partial charge in [-0.2, -0.15) is 0 Å². The molecule has 1 fully saturated rings. The van der Waals surface area contributed by atoms with Crippen molar-refractivity contribution < 1.29 is 24.6 Å². The molecule has 26 heavy (non-hydrogen) atoms. The highest BCUT2D eigenvalue weighted by molar-refractivity contribution is 6.14. The molecule has 1 saturated heterocycles. The number of ketones is 1. The van der Waals surface area contributed by atoms with E-state index >= 15 is 0 Å². The first-order valence-corrected chi connectivity index (χ1v) is 8.45. The molecule has 1 atom stereocenters. The maximum atomic E-state index is 12.2. The van der Waals surface area contributed by atoms with Gasteiger partial charge in [-0.25, -0.2) is 10.3 Å². The average Bonchev–Trinajstić information content (AvgIpc) is 3.16. The molecule has 138 valence electrons. The van der Waals surface area contributed by atoms with Gasteiger partial charge in [0.25, 0.3) is 0 Å². The van der Waals surface area contributed by atoms with Crippen molar-refractivity contribution in [2.75, 3.05) is 13.2 Å². The Balaban J connectivity index is 0.000000254. The first-order valence-electron chi connectivity index (χ1n) is 8.45. The Morgan fingerprint density at radius 1 is 1.12 bits per heavy atom. The van der Waals surface area contributed by atoms with Crippen LogP contribution in [0.1, 0.15) is 44.7 Å². The number of carboxylic acid groups (broad SMARTS) is 1. The van der Waals surface area contributed by atoms with Crippen molar-refractivity contribution in [1.29, 1.82) is 0 Å². The summed E-state index contributed by atoms with van der Waals surface area (Å²) in [5.74, 6) is -1.36. The quantitative estimate of drug-likeness (QED) is 0.562. The maximum Gasteiger partial charge on any atom is 0.336 e. The van der Waals surface area contributed by atoms with Crippen LogP contribution in [0.3, 0.4) is 0 Å². The average molecular weight is 357 g/mol. The molecule has 0 spiro atoms. The molecule has 3 rings (SSSR count). The molecule has 0 radical (unpaired) electrons. The van der Waals surface area contributed by atoms with Gasteiger partial charge in [0.15, 0.2) is 5.78 Å². The molecule has 3 N–H and O–H groups in total. The fourth-order valence-corrected chi connectivity index (χ4v) is 2.64. The molecule has 0 saturated carbocycles. The van der Waals surface area contributed by atoms with Crippen molar-refractivity contribution in [1.82, 2.24) is 5.48 Å². The van der Waals surface area contributed by atoms with Crippen LogP contribution < -0.4 is 5.48 Å². The number of ether oxygens (including phenoxy) is 1. The number of rotatable bonds is 5. The summed E-state index contributed by atoms with van der Waals surface area (Å²) < 4.78 is 5.17. The lowest BCUT2D eigenvalue weighted by atomic mass is 9.98. The third-order valence-corrected chi connectivity index (χ3v) is 4.06. The second kappa shape index (κ2) is 9.82. The van der Waals surface area contributed by atoms with E-state index < -0.39 is 5.97 Å². The van der Waals surface area contributed by atoms with Crippen LogP contribution in [-0.2, 0) is 4.74 Å². The molecule has 0 aromatic heterocycles. The fraction of sp³-hybridized carbons (Fsp3) is 0.300. The Morgan fingerprint density at radius 3 is 2.31 bits per heavy atom. The van der Waals surface area contributed by atoms with Gasteiger partial charge in [-0.05, 0) is 25.8 Å². The second-order valence-corrected chi connectivity index (χ2v) is 6.04. The van der Waals surface area contributed by atoms with Gasteiger partial charge in [-0.1, -0.05) is 48.0 Å². The molecule has 2 aromatic rings.